The van der Waals surface area contributed by atoms with E-state index in [0.29, 0.717) is 29.0 Å². The van der Waals surface area contributed by atoms with E-state index in [1.165, 1.54) is 22.5 Å². The molecule has 0 aliphatic carbocycles. The van der Waals surface area contributed by atoms with Crippen molar-refractivity contribution in [2.75, 3.05) is 21.9 Å². The summed E-state index contributed by atoms with van der Waals surface area (Å²) in [5.74, 6) is -0.283. The number of H-pyrrole nitrogens is 1. The van der Waals surface area contributed by atoms with E-state index in [4.69, 9.17) is 5.73 Å². The zero-order valence-electron chi connectivity index (χ0n) is 16.2. The van der Waals surface area contributed by atoms with E-state index in [0.717, 1.165) is 11.6 Å². The van der Waals surface area contributed by atoms with Gasteiger partial charge in [-0.2, -0.15) is 15.1 Å². The zero-order chi connectivity index (χ0) is 21.6. The largest absolute Gasteiger partial charge is 0.368 e. The van der Waals surface area contributed by atoms with E-state index in [9.17, 15) is 12.8 Å². The molecule has 4 aromatic rings. The van der Waals surface area contributed by atoms with Crippen LogP contribution in [0, 0.1) is 5.82 Å². The van der Waals surface area contributed by atoms with Gasteiger partial charge in [0.1, 0.15) is 16.5 Å². The molecule has 1 unspecified atom stereocenters. The molecule has 2 aromatic carbocycles. The summed E-state index contributed by atoms with van der Waals surface area (Å²) in [4.78, 5) is 7.97. The van der Waals surface area contributed by atoms with Crippen LogP contribution in [0.15, 0.2) is 59.6 Å². The molecule has 31 heavy (non-hydrogen) atoms. The fraction of sp³-hybridized carbons (Fsp3) is 0.150. The number of nitrogen functional groups attached to an aromatic ring is 1. The summed E-state index contributed by atoms with van der Waals surface area (Å²) in [5, 5.41) is 10.6. The minimum Gasteiger partial charge on any atom is -0.368 e. The molecule has 0 saturated carbocycles. The topological polar surface area (TPSA) is 130 Å². The number of nitrogens with zero attached hydrogens (tertiary/aromatic N) is 4. The molecule has 9 nitrogen and oxygen atoms in total. The number of sulfonamides is 1. The fourth-order valence-electron chi connectivity index (χ4n) is 3.81. The third-order valence-electron chi connectivity index (χ3n) is 5.19. The Bertz CT molecular complexity index is 1390. The number of hydrogen-bond acceptors (Lipinski definition) is 7. The molecule has 0 saturated heterocycles. The van der Waals surface area contributed by atoms with E-state index < -0.39 is 15.8 Å². The SMILES string of the molecule is Nc1nc(NC2Cc3ccccc3N(S(=O)(=O)c3ccccc3F)C2)c2cn[nH]c2n1. The van der Waals surface area contributed by atoms with Crippen LogP contribution in [-0.2, 0) is 16.4 Å². The fourth-order valence-corrected chi connectivity index (χ4v) is 5.42. The summed E-state index contributed by atoms with van der Waals surface area (Å²) in [6, 6.07) is 12.2. The van der Waals surface area contributed by atoms with Crippen molar-refractivity contribution < 1.29 is 12.8 Å². The maximum atomic E-state index is 14.4. The van der Waals surface area contributed by atoms with Gasteiger partial charge in [0.25, 0.3) is 10.0 Å². The predicted octanol–water partition coefficient (Wildman–Crippen LogP) is 2.31. The lowest BCUT2D eigenvalue weighted by molar-refractivity contribution is 0.558. The molecule has 0 spiro atoms. The number of nitrogens with one attached hydrogen (secondary N) is 2. The molecule has 2 aromatic heterocycles. The van der Waals surface area contributed by atoms with Crippen LogP contribution >= 0.6 is 0 Å². The second-order valence-electron chi connectivity index (χ2n) is 7.20. The van der Waals surface area contributed by atoms with E-state index >= 15 is 0 Å². The number of aromatic nitrogens is 4. The number of nitrogens with two attached hydrogens (primary N) is 1. The van der Waals surface area contributed by atoms with Crippen molar-refractivity contribution in [1.29, 1.82) is 0 Å². The Labute approximate surface area is 177 Å². The van der Waals surface area contributed by atoms with Gasteiger partial charge in [-0.3, -0.25) is 9.40 Å². The highest BCUT2D eigenvalue weighted by Crippen LogP contribution is 2.34. The molecular weight excluding hydrogens is 421 g/mol. The summed E-state index contributed by atoms with van der Waals surface area (Å²) < 4.78 is 42.4. The molecule has 1 atom stereocenters. The quantitative estimate of drug-likeness (QED) is 0.445. The number of benzene rings is 2. The van der Waals surface area contributed by atoms with Gasteiger partial charge in [-0.25, -0.2) is 12.8 Å². The Hall–Kier alpha value is -3.73. The molecule has 1 aliphatic heterocycles. The van der Waals surface area contributed by atoms with E-state index in [2.05, 4.69) is 25.5 Å². The molecular formula is C20H18FN7O2S. The summed E-state index contributed by atoms with van der Waals surface area (Å²) in [7, 11) is -4.13. The highest BCUT2D eigenvalue weighted by molar-refractivity contribution is 7.92. The van der Waals surface area contributed by atoms with Gasteiger partial charge in [0.15, 0.2) is 5.65 Å². The van der Waals surface area contributed by atoms with Crippen LogP contribution in [0.5, 0.6) is 0 Å². The average Bonchev–Trinajstić information content (AvgIpc) is 3.22. The number of anilines is 3. The zero-order valence-corrected chi connectivity index (χ0v) is 17.0. The minimum atomic E-state index is -4.13. The Morgan fingerprint density at radius 3 is 2.74 bits per heavy atom. The van der Waals surface area contributed by atoms with Gasteiger partial charge in [-0.05, 0) is 30.2 Å². The van der Waals surface area contributed by atoms with Crippen LogP contribution in [0.3, 0.4) is 0 Å². The summed E-state index contributed by atoms with van der Waals surface area (Å²) in [6.45, 7) is 0.0803. The van der Waals surface area contributed by atoms with E-state index in [1.54, 1.807) is 18.3 Å². The second-order valence-corrected chi connectivity index (χ2v) is 9.03. The number of aromatic amines is 1. The van der Waals surface area contributed by atoms with Crippen molar-refractivity contribution >= 4 is 38.5 Å². The van der Waals surface area contributed by atoms with Crippen LogP contribution in [0.4, 0.5) is 21.8 Å². The van der Waals surface area contributed by atoms with Gasteiger partial charge in [0.2, 0.25) is 5.95 Å². The van der Waals surface area contributed by atoms with Gasteiger partial charge in [-0.1, -0.05) is 30.3 Å². The third kappa shape index (κ3) is 3.32. The molecule has 0 radical (unpaired) electrons. The van der Waals surface area contributed by atoms with Crippen LogP contribution in [-0.4, -0.2) is 41.2 Å². The maximum absolute atomic E-state index is 14.4. The van der Waals surface area contributed by atoms with E-state index in [-0.39, 0.29) is 23.4 Å². The smallest absolute Gasteiger partial charge is 0.267 e. The van der Waals surface area contributed by atoms with Gasteiger partial charge in [0.05, 0.1) is 29.9 Å². The number of para-hydroxylation sites is 1. The van der Waals surface area contributed by atoms with Gasteiger partial charge in [0, 0.05) is 0 Å². The molecule has 4 N–H and O–H groups in total. The summed E-state index contributed by atoms with van der Waals surface area (Å²) in [6.07, 6.45) is 2.12. The highest BCUT2D eigenvalue weighted by Gasteiger charge is 2.35. The van der Waals surface area contributed by atoms with Crippen LogP contribution in [0.25, 0.3) is 11.0 Å². The van der Waals surface area contributed by atoms with Crippen molar-refractivity contribution in [3.8, 4) is 0 Å². The second kappa shape index (κ2) is 7.20. The van der Waals surface area contributed by atoms with Crippen LogP contribution in [0.1, 0.15) is 5.56 Å². The number of halogens is 1. The van der Waals surface area contributed by atoms with Crippen molar-refractivity contribution in [3.63, 3.8) is 0 Å². The Morgan fingerprint density at radius 2 is 1.90 bits per heavy atom. The van der Waals surface area contributed by atoms with Crippen LogP contribution in [0.2, 0.25) is 0 Å². The lowest BCUT2D eigenvalue weighted by Gasteiger charge is -2.35. The average molecular weight is 439 g/mol. The molecule has 11 heteroatoms. The van der Waals surface area contributed by atoms with E-state index in [1.807, 2.05) is 12.1 Å². The summed E-state index contributed by atoms with van der Waals surface area (Å²) in [5.41, 5.74) is 7.61. The van der Waals surface area contributed by atoms with Crippen molar-refractivity contribution in [3.05, 3.63) is 66.1 Å². The van der Waals surface area contributed by atoms with Gasteiger partial charge >= 0.3 is 0 Å². The molecule has 5 rings (SSSR count). The molecule has 0 bridgehead atoms. The van der Waals surface area contributed by atoms with Crippen molar-refractivity contribution in [1.82, 2.24) is 20.2 Å². The number of fused-ring (bicyclic) bond motifs is 2. The summed E-state index contributed by atoms with van der Waals surface area (Å²) >= 11 is 0. The molecule has 0 amide bonds. The molecule has 3 heterocycles. The number of hydrogen-bond donors (Lipinski definition) is 3. The van der Waals surface area contributed by atoms with Gasteiger partial charge in [-0.15, -0.1) is 0 Å². The molecule has 1 aliphatic rings. The first-order valence-electron chi connectivity index (χ1n) is 9.52. The van der Waals surface area contributed by atoms with Crippen LogP contribution < -0.4 is 15.4 Å². The normalized spacial score (nSPS) is 16.3. The Kier molecular flexibility index (Phi) is 4.47. The monoisotopic (exact) mass is 439 g/mol. The standard InChI is InChI=1S/C20H18FN7O2S/c21-15-6-2-4-8-17(15)31(29,30)28-11-13(9-12-5-1-3-7-16(12)28)24-18-14-10-23-27-19(14)26-20(22)25-18/h1-8,10,13H,9,11H2,(H4,22,23,24,25,26,27). The first kappa shape index (κ1) is 19.2. The van der Waals surface area contributed by atoms with Gasteiger partial charge < -0.3 is 11.1 Å². The predicted molar refractivity (Wildman–Crippen MR) is 115 cm³/mol. The van der Waals surface area contributed by atoms with Crippen molar-refractivity contribution in [2.24, 2.45) is 0 Å². The molecule has 158 valence electrons. The lowest BCUT2D eigenvalue weighted by Crippen LogP contribution is -2.45. The Morgan fingerprint density at radius 1 is 1.13 bits per heavy atom. The first-order chi connectivity index (χ1) is 14.9. The first-order valence-corrected chi connectivity index (χ1v) is 11.0. The Balaban J connectivity index is 1.56. The maximum Gasteiger partial charge on any atom is 0.267 e. The number of rotatable bonds is 4. The molecule has 0 fully saturated rings. The van der Waals surface area contributed by atoms with Crippen molar-refractivity contribution in [2.45, 2.75) is 17.4 Å². The third-order valence-corrected chi connectivity index (χ3v) is 7.00. The highest BCUT2D eigenvalue weighted by atomic mass is 32.2. The minimum absolute atomic E-state index is 0.0614. The lowest BCUT2D eigenvalue weighted by atomic mass is 9.99.